The number of rotatable bonds is 4. The molecule has 2 saturated heterocycles. The van der Waals surface area contributed by atoms with E-state index in [0.717, 1.165) is 32.4 Å². The summed E-state index contributed by atoms with van der Waals surface area (Å²) in [7, 11) is 0. The van der Waals surface area contributed by atoms with Crippen molar-refractivity contribution >= 4 is 11.9 Å². The van der Waals surface area contributed by atoms with E-state index in [9.17, 15) is 14.7 Å². The fourth-order valence-corrected chi connectivity index (χ4v) is 4.09. The van der Waals surface area contributed by atoms with E-state index in [1.54, 1.807) is 17.9 Å². The highest BCUT2D eigenvalue weighted by molar-refractivity contribution is 5.92. The van der Waals surface area contributed by atoms with Crippen LogP contribution in [0, 0.1) is 12.3 Å². The first-order valence-electron chi connectivity index (χ1n) is 8.63. The third-order valence-corrected chi connectivity index (χ3v) is 5.36. The van der Waals surface area contributed by atoms with Crippen molar-refractivity contribution in [1.82, 2.24) is 15.0 Å². The summed E-state index contributed by atoms with van der Waals surface area (Å²) in [6, 6.07) is 1.27. The highest BCUT2D eigenvalue weighted by atomic mass is 16.5. The molecule has 7 nitrogen and oxygen atoms in total. The van der Waals surface area contributed by atoms with E-state index in [4.69, 9.17) is 4.52 Å². The number of carboxylic acids is 1. The molecular formula is C17H25N3O4. The zero-order valence-electron chi connectivity index (χ0n) is 14.3. The Morgan fingerprint density at radius 1 is 1.42 bits per heavy atom. The van der Waals surface area contributed by atoms with Crippen LogP contribution < -0.4 is 0 Å². The molecule has 2 aliphatic heterocycles. The molecule has 1 N–H and O–H groups in total. The van der Waals surface area contributed by atoms with Crippen molar-refractivity contribution in [2.75, 3.05) is 26.2 Å². The molecule has 24 heavy (non-hydrogen) atoms. The Kier molecular flexibility index (Phi) is 4.62. The van der Waals surface area contributed by atoms with Crippen LogP contribution in [-0.2, 0) is 4.79 Å². The molecule has 3 heterocycles. The maximum absolute atomic E-state index is 12.5. The van der Waals surface area contributed by atoms with Crippen LogP contribution in [0.2, 0.25) is 0 Å². The molecule has 0 bridgehead atoms. The first-order chi connectivity index (χ1) is 11.4. The van der Waals surface area contributed by atoms with Crippen LogP contribution in [-0.4, -0.2) is 64.2 Å². The fourth-order valence-electron chi connectivity index (χ4n) is 4.09. The summed E-state index contributed by atoms with van der Waals surface area (Å²) in [6.07, 6.45) is 3.34. The number of carbonyl (C=O) groups is 2. The largest absolute Gasteiger partial charge is 0.480 e. The van der Waals surface area contributed by atoms with E-state index in [-0.39, 0.29) is 17.4 Å². The van der Waals surface area contributed by atoms with Gasteiger partial charge in [0, 0.05) is 25.7 Å². The highest BCUT2D eigenvalue weighted by Crippen LogP contribution is 2.43. The molecule has 0 saturated carbocycles. The molecule has 132 valence electrons. The number of piperidine rings is 1. The first-order valence-corrected chi connectivity index (χ1v) is 8.63. The van der Waals surface area contributed by atoms with Gasteiger partial charge in [-0.25, -0.2) is 0 Å². The minimum Gasteiger partial charge on any atom is -0.480 e. The number of aryl methyl sites for hydroxylation is 1. The van der Waals surface area contributed by atoms with Gasteiger partial charge in [-0.05, 0) is 44.6 Å². The summed E-state index contributed by atoms with van der Waals surface area (Å²) in [5.74, 6) is -0.195. The van der Waals surface area contributed by atoms with Crippen molar-refractivity contribution in [2.45, 2.75) is 45.6 Å². The molecule has 1 aromatic rings. The van der Waals surface area contributed by atoms with Crippen molar-refractivity contribution in [3.05, 3.63) is 17.5 Å². The van der Waals surface area contributed by atoms with Gasteiger partial charge in [-0.1, -0.05) is 12.1 Å². The molecule has 7 heteroatoms. The minimum atomic E-state index is -0.725. The number of amides is 1. The molecule has 1 aromatic heterocycles. The highest BCUT2D eigenvalue weighted by Gasteiger charge is 2.48. The van der Waals surface area contributed by atoms with Gasteiger partial charge in [-0.15, -0.1) is 0 Å². The van der Waals surface area contributed by atoms with E-state index >= 15 is 0 Å². The van der Waals surface area contributed by atoms with Crippen molar-refractivity contribution in [1.29, 1.82) is 0 Å². The minimum absolute atomic E-state index is 0.0226. The predicted molar refractivity (Wildman–Crippen MR) is 86.7 cm³/mol. The molecule has 0 aromatic carbocycles. The predicted octanol–water partition coefficient (Wildman–Crippen LogP) is 1.77. The summed E-state index contributed by atoms with van der Waals surface area (Å²) in [6.45, 7) is 6.78. The lowest BCUT2D eigenvalue weighted by Crippen LogP contribution is -2.44. The summed E-state index contributed by atoms with van der Waals surface area (Å²) in [4.78, 5) is 27.9. The number of nitrogens with zero attached hydrogens (tertiary/aromatic N) is 3. The lowest BCUT2D eigenvalue weighted by molar-refractivity contribution is -0.142. The average Bonchev–Trinajstić information content (AvgIpc) is 3.13. The van der Waals surface area contributed by atoms with Gasteiger partial charge in [0.15, 0.2) is 5.69 Å². The summed E-state index contributed by atoms with van der Waals surface area (Å²) >= 11 is 0. The van der Waals surface area contributed by atoms with E-state index < -0.39 is 5.97 Å². The number of carbonyl (C=O) groups excluding carboxylic acids is 1. The van der Waals surface area contributed by atoms with Crippen molar-refractivity contribution in [2.24, 2.45) is 5.41 Å². The van der Waals surface area contributed by atoms with Gasteiger partial charge in [-0.2, -0.15) is 0 Å². The topological polar surface area (TPSA) is 86.9 Å². The maximum Gasteiger partial charge on any atom is 0.320 e. The van der Waals surface area contributed by atoms with E-state index in [0.29, 0.717) is 31.0 Å². The Morgan fingerprint density at radius 2 is 2.12 bits per heavy atom. The summed E-state index contributed by atoms with van der Waals surface area (Å²) in [5, 5.41) is 13.3. The Balaban J connectivity index is 1.64. The smallest absolute Gasteiger partial charge is 0.320 e. The van der Waals surface area contributed by atoms with Crippen LogP contribution in [0.1, 0.15) is 48.9 Å². The second-order valence-corrected chi connectivity index (χ2v) is 7.14. The molecule has 0 aliphatic carbocycles. The normalized spacial score (nSPS) is 23.8. The molecule has 3 rings (SSSR count). The molecule has 2 aliphatic rings. The number of hydrogen-bond donors (Lipinski definition) is 1. The molecule has 1 spiro atoms. The maximum atomic E-state index is 12.5. The van der Waals surface area contributed by atoms with Crippen LogP contribution in [0.25, 0.3) is 0 Å². The Bertz CT molecular complexity index is 619. The van der Waals surface area contributed by atoms with Crippen molar-refractivity contribution in [3.63, 3.8) is 0 Å². The van der Waals surface area contributed by atoms with Crippen molar-refractivity contribution < 1.29 is 19.2 Å². The number of aromatic nitrogens is 1. The third-order valence-electron chi connectivity index (χ3n) is 5.36. The molecule has 1 atom stereocenters. The molecule has 0 radical (unpaired) electrons. The van der Waals surface area contributed by atoms with Crippen LogP contribution in [0.4, 0.5) is 0 Å². The second-order valence-electron chi connectivity index (χ2n) is 7.14. The van der Waals surface area contributed by atoms with Gasteiger partial charge in [-0.3, -0.25) is 14.5 Å². The number of carboxylic acid groups (broad SMARTS) is 1. The zero-order valence-corrected chi connectivity index (χ0v) is 14.3. The van der Waals surface area contributed by atoms with Gasteiger partial charge in [0.2, 0.25) is 0 Å². The zero-order chi connectivity index (χ0) is 17.3. The number of aliphatic carboxylic acids is 1. The third kappa shape index (κ3) is 3.17. The van der Waals surface area contributed by atoms with Gasteiger partial charge >= 0.3 is 5.97 Å². The van der Waals surface area contributed by atoms with Crippen LogP contribution in [0.5, 0.6) is 0 Å². The molecule has 2 fully saturated rings. The van der Waals surface area contributed by atoms with E-state index in [1.807, 2.05) is 0 Å². The Hall–Kier alpha value is -1.89. The average molecular weight is 335 g/mol. The van der Waals surface area contributed by atoms with Crippen LogP contribution in [0.3, 0.4) is 0 Å². The van der Waals surface area contributed by atoms with Gasteiger partial charge in [0.05, 0.1) is 0 Å². The fraction of sp³-hybridized carbons (Fsp3) is 0.706. The molecule has 1 unspecified atom stereocenters. The molecule has 1 amide bonds. The van der Waals surface area contributed by atoms with Crippen LogP contribution >= 0.6 is 0 Å². The first kappa shape index (κ1) is 17.0. The van der Waals surface area contributed by atoms with Crippen molar-refractivity contribution in [3.8, 4) is 0 Å². The SMILES string of the molecule is CCCN1CC2(CCN(C(=O)c3cc(C)on3)CC2)CC1C(=O)O. The Labute approximate surface area is 141 Å². The van der Waals surface area contributed by atoms with Gasteiger partial charge < -0.3 is 14.5 Å². The van der Waals surface area contributed by atoms with Gasteiger partial charge in [0.25, 0.3) is 5.91 Å². The lowest BCUT2D eigenvalue weighted by atomic mass is 9.76. The standard InChI is InChI=1S/C17H25N3O4/c1-3-6-20-11-17(10-14(20)16(22)23)4-7-19(8-5-17)15(21)13-9-12(2)24-18-13/h9,14H,3-8,10-11H2,1-2H3,(H,22,23). The van der Waals surface area contributed by atoms with Gasteiger partial charge in [0.1, 0.15) is 11.8 Å². The second kappa shape index (κ2) is 6.55. The summed E-state index contributed by atoms with van der Waals surface area (Å²) < 4.78 is 4.98. The lowest BCUT2D eigenvalue weighted by Gasteiger charge is -2.39. The molecular weight excluding hydrogens is 310 g/mol. The number of likely N-dealkylation sites (tertiary alicyclic amines) is 2. The quantitative estimate of drug-likeness (QED) is 0.902. The Morgan fingerprint density at radius 3 is 2.67 bits per heavy atom. The number of hydrogen-bond acceptors (Lipinski definition) is 5. The van der Waals surface area contributed by atoms with Crippen LogP contribution in [0.15, 0.2) is 10.6 Å². The van der Waals surface area contributed by atoms with E-state index in [2.05, 4.69) is 17.0 Å². The summed E-state index contributed by atoms with van der Waals surface area (Å²) in [5.41, 5.74) is 0.375. The monoisotopic (exact) mass is 335 g/mol. The van der Waals surface area contributed by atoms with E-state index in [1.165, 1.54) is 0 Å².